The SMILES string of the molecule is COC(=O)c1cnn2c1nnc1c(=O)n(-c3cccc(C(F)(F)F)c3)ccc12. The topological polar surface area (TPSA) is 91.4 Å². The zero-order chi connectivity index (χ0) is 20.1. The maximum atomic E-state index is 12.9. The van der Waals surface area contributed by atoms with E-state index < -0.39 is 23.3 Å². The number of ether oxygens (including phenoxy) is 1. The molecule has 0 saturated carbocycles. The van der Waals surface area contributed by atoms with Crippen molar-refractivity contribution in [2.24, 2.45) is 0 Å². The van der Waals surface area contributed by atoms with Gasteiger partial charge in [-0.1, -0.05) is 6.07 Å². The van der Waals surface area contributed by atoms with Crippen molar-refractivity contribution < 1.29 is 22.7 Å². The lowest BCUT2D eigenvalue weighted by molar-refractivity contribution is -0.137. The van der Waals surface area contributed by atoms with Crippen molar-refractivity contribution in [3.05, 3.63) is 64.2 Å². The summed E-state index contributed by atoms with van der Waals surface area (Å²) in [6.45, 7) is 0. The Kier molecular flexibility index (Phi) is 3.87. The van der Waals surface area contributed by atoms with Gasteiger partial charge in [-0.15, -0.1) is 10.2 Å². The minimum atomic E-state index is -4.54. The first kappa shape index (κ1) is 17.6. The quantitative estimate of drug-likeness (QED) is 0.489. The molecular weight excluding hydrogens is 379 g/mol. The van der Waals surface area contributed by atoms with E-state index in [1.165, 1.54) is 42.2 Å². The molecule has 4 rings (SSSR count). The summed E-state index contributed by atoms with van der Waals surface area (Å²) in [5, 5.41) is 11.7. The van der Waals surface area contributed by atoms with Crippen LogP contribution in [0.1, 0.15) is 15.9 Å². The van der Waals surface area contributed by atoms with Crippen LogP contribution in [0.5, 0.6) is 0 Å². The number of aromatic nitrogens is 5. The molecule has 0 aliphatic carbocycles. The number of carbonyl (C=O) groups is 1. The van der Waals surface area contributed by atoms with Crippen molar-refractivity contribution >= 4 is 22.6 Å². The van der Waals surface area contributed by atoms with Gasteiger partial charge < -0.3 is 4.74 Å². The molecule has 0 aliphatic heterocycles. The van der Waals surface area contributed by atoms with Crippen molar-refractivity contribution in [1.82, 2.24) is 24.4 Å². The number of esters is 1. The molecule has 0 atom stereocenters. The first-order valence-electron chi connectivity index (χ1n) is 7.83. The fraction of sp³-hybridized carbons (Fsp3) is 0.118. The number of pyridine rings is 1. The van der Waals surface area contributed by atoms with Crippen molar-refractivity contribution in [1.29, 1.82) is 0 Å². The van der Waals surface area contributed by atoms with Crippen LogP contribution in [0.15, 0.2) is 47.5 Å². The summed E-state index contributed by atoms with van der Waals surface area (Å²) in [7, 11) is 1.20. The average molecular weight is 389 g/mol. The molecule has 0 amide bonds. The Morgan fingerprint density at radius 1 is 1.18 bits per heavy atom. The number of methoxy groups -OCH3 is 1. The fourth-order valence-corrected chi connectivity index (χ4v) is 2.78. The molecule has 0 spiro atoms. The largest absolute Gasteiger partial charge is 0.465 e. The molecule has 4 aromatic rings. The Labute approximate surface area is 153 Å². The number of carbonyl (C=O) groups excluding carboxylic acids is 1. The van der Waals surface area contributed by atoms with Crippen LogP contribution in [-0.4, -0.2) is 37.5 Å². The molecular formula is C17H10F3N5O3. The van der Waals surface area contributed by atoms with Gasteiger partial charge in [0.1, 0.15) is 11.1 Å². The predicted octanol–water partition coefficient (Wildman–Crippen LogP) is 2.23. The first-order valence-corrected chi connectivity index (χ1v) is 7.83. The summed E-state index contributed by atoms with van der Waals surface area (Å²) >= 11 is 0. The molecule has 11 heteroatoms. The zero-order valence-electron chi connectivity index (χ0n) is 14.1. The summed E-state index contributed by atoms with van der Waals surface area (Å²) in [4.78, 5) is 24.5. The third-order valence-electron chi connectivity index (χ3n) is 4.12. The summed E-state index contributed by atoms with van der Waals surface area (Å²) in [5.41, 5.74) is -1.25. The van der Waals surface area contributed by atoms with Gasteiger partial charge in [0.25, 0.3) is 5.56 Å². The van der Waals surface area contributed by atoms with E-state index in [-0.39, 0.29) is 27.9 Å². The van der Waals surface area contributed by atoms with Crippen molar-refractivity contribution in [3.63, 3.8) is 0 Å². The number of alkyl halides is 3. The highest BCUT2D eigenvalue weighted by molar-refractivity contribution is 5.96. The smallest absolute Gasteiger partial charge is 0.416 e. The van der Waals surface area contributed by atoms with Crippen LogP contribution >= 0.6 is 0 Å². The molecule has 0 N–H and O–H groups in total. The Hall–Kier alpha value is -3.76. The molecule has 3 aromatic heterocycles. The molecule has 28 heavy (non-hydrogen) atoms. The van der Waals surface area contributed by atoms with Crippen molar-refractivity contribution in [2.75, 3.05) is 7.11 Å². The van der Waals surface area contributed by atoms with Gasteiger partial charge >= 0.3 is 12.1 Å². The Morgan fingerprint density at radius 3 is 2.68 bits per heavy atom. The number of hydrogen-bond acceptors (Lipinski definition) is 6. The Balaban J connectivity index is 1.92. The minimum Gasteiger partial charge on any atom is -0.465 e. The van der Waals surface area contributed by atoms with Crippen LogP contribution in [0.2, 0.25) is 0 Å². The Bertz CT molecular complexity index is 1290. The summed E-state index contributed by atoms with van der Waals surface area (Å²) < 4.78 is 45.8. The number of benzene rings is 1. The average Bonchev–Trinajstić information content (AvgIpc) is 3.11. The van der Waals surface area contributed by atoms with E-state index in [2.05, 4.69) is 20.0 Å². The maximum Gasteiger partial charge on any atom is 0.416 e. The van der Waals surface area contributed by atoms with E-state index in [1.807, 2.05) is 0 Å². The summed E-state index contributed by atoms with van der Waals surface area (Å²) in [6.07, 6.45) is -2.00. The highest BCUT2D eigenvalue weighted by Crippen LogP contribution is 2.30. The van der Waals surface area contributed by atoms with Crippen LogP contribution in [0.3, 0.4) is 0 Å². The fourth-order valence-electron chi connectivity index (χ4n) is 2.78. The summed E-state index contributed by atoms with van der Waals surface area (Å²) in [5.74, 6) is -0.666. The van der Waals surface area contributed by atoms with Gasteiger partial charge in [-0.25, -0.2) is 9.31 Å². The van der Waals surface area contributed by atoms with E-state index in [0.717, 1.165) is 16.7 Å². The van der Waals surface area contributed by atoms with E-state index in [1.54, 1.807) is 0 Å². The van der Waals surface area contributed by atoms with Crippen LogP contribution in [0, 0.1) is 0 Å². The van der Waals surface area contributed by atoms with Crippen LogP contribution < -0.4 is 5.56 Å². The van der Waals surface area contributed by atoms with Crippen LogP contribution in [0.25, 0.3) is 22.4 Å². The van der Waals surface area contributed by atoms with Gasteiger partial charge in [-0.3, -0.25) is 9.36 Å². The highest BCUT2D eigenvalue weighted by atomic mass is 19.4. The van der Waals surface area contributed by atoms with Gasteiger partial charge in [-0.05, 0) is 24.3 Å². The molecule has 0 saturated heterocycles. The van der Waals surface area contributed by atoms with E-state index in [0.29, 0.717) is 0 Å². The second-order valence-electron chi connectivity index (χ2n) is 5.76. The molecule has 142 valence electrons. The lowest BCUT2D eigenvalue weighted by Gasteiger charge is -2.11. The molecule has 8 nitrogen and oxygen atoms in total. The second-order valence-corrected chi connectivity index (χ2v) is 5.76. The monoisotopic (exact) mass is 389 g/mol. The molecule has 0 unspecified atom stereocenters. The molecule has 0 fully saturated rings. The Morgan fingerprint density at radius 2 is 1.96 bits per heavy atom. The first-order chi connectivity index (χ1) is 13.3. The van der Waals surface area contributed by atoms with Gasteiger partial charge in [-0.2, -0.15) is 18.3 Å². The van der Waals surface area contributed by atoms with Gasteiger partial charge in [0.2, 0.25) is 0 Å². The van der Waals surface area contributed by atoms with Gasteiger partial charge in [0.15, 0.2) is 11.2 Å². The van der Waals surface area contributed by atoms with Gasteiger partial charge in [0, 0.05) is 11.9 Å². The highest BCUT2D eigenvalue weighted by Gasteiger charge is 2.30. The second kappa shape index (κ2) is 6.15. The van der Waals surface area contributed by atoms with Crippen LogP contribution in [-0.2, 0) is 10.9 Å². The predicted molar refractivity (Wildman–Crippen MR) is 90.2 cm³/mol. The summed E-state index contributed by atoms with van der Waals surface area (Å²) in [6, 6.07) is 5.81. The molecule has 0 bridgehead atoms. The van der Waals surface area contributed by atoms with Crippen molar-refractivity contribution in [3.8, 4) is 5.69 Å². The van der Waals surface area contributed by atoms with E-state index in [4.69, 9.17) is 0 Å². The maximum absolute atomic E-state index is 12.9. The number of rotatable bonds is 2. The van der Waals surface area contributed by atoms with E-state index in [9.17, 15) is 22.8 Å². The number of fused-ring (bicyclic) bond motifs is 3. The number of halogens is 3. The third kappa shape index (κ3) is 2.68. The number of nitrogens with zero attached hydrogens (tertiary/aromatic N) is 5. The van der Waals surface area contributed by atoms with Gasteiger partial charge in [0.05, 0.1) is 18.9 Å². The van der Waals surface area contributed by atoms with E-state index >= 15 is 0 Å². The molecule has 1 aromatic carbocycles. The lowest BCUT2D eigenvalue weighted by Crippen LogP contribution is -2.20. The zero-order valence-corrected chi connectivity index (χ0v) is 14.1. The lowest BCUT2D eigenvalue weighted by atomic mass is 10.2. The normalized spacial score (nSPS) is 11.9. The minimum absolute atomic E-state index is 0.0272. The van der Waals surface area contributed by atoms with Crippen molar-refractivity contribution in [2.45, 2.75) is 6.18 Å². The molecule has 0 radical (unpaired) electrons. The standard InChI is InChI=1S/C17H10F3N5O3/c1-28-16(27)11-8-21-25-12-5-6-24(15(26)13(12)22-23-14(11)25)10-4-2-3-9(7-10)17(18,19)20/h2-8H,1H3. The van der Waals surface area contributed by atoms with Crippen LogP contribution in [0.4, 0.5) is 13.2 Å². The third-order valence-corrected chi connectivity index (χ3v) is 4.12. The number of hydrogen-bond donors (Lipinski definition) is 0. The molecule has 3 heterocycles. The molecule has 0 aliphatic rings.